The van der Waals surface area contributed by atoms with Gasteiger partial charge in [-0.2, -0.15) is 0 Å². The van der Waals surface area contributed by atoms with Gasteiger partial charge in [0.05, 0.1) is 5.56 Å². The molecule has 1 heterocycles. The van der Waals surface area contributed by atoms with Crippen molar-refractivity contribution in [3.8, 4) is 5.75 Å². The number of amides is 2. The summed E-state index contributed by atoms with van der Waals surface area (Å²) in [5.41, 5.74) is 2.01. The number of anilines is 1. The van der Waals surface area contributed by atoms with Gasteiger partial charge in [0, 0.05) is 24.1 Å². The summed E-state index contributed by atoms with van der Waals surface area (Å²) >= 11 is 0. The molecule has 0 aromatic heterocycles. The lowest BCUT2D eigenvalue weighted by molar-refractivity contribution is -0.113. The third-order valence-corrected chi connectivity index (χ3v) is 4.05. The Balaban J connectivity index is 1.91. The highest BCUT2D eigenvalue weighted by atomic mass is 16.5. The molecule has 7 nitrogen and oxygen atoms in total. The number of benzene rings is 2. The molecule has 1 unspecified atom stereocenters. The van der Waals surface area contributed by atoms with Gasteiger partial charge in [-0.1, -0.05) is 30.3 Å². The SMILES string of the molecule is COC1NC(=C(C)NC(=O)c2ccccc2O)C(=O)Nc2ccccc21. The van der Waals surface area contributed by atoms with Crippen LogP contribution in [0.25, 0.3) is 0 Å². The van der Waals surface area contributed by atoms with Crippen molar-refractivity contribution in [1.29, 1.82) is 0 Å². The standard InChI is InChI=1S/C19H19N3O4/c1-11(20-17(24)13-8-4-6-10-15(13)23)16-18(25)21-14-9-5-3-7-12(14)19(22-16)26-2/h3-10,19,22-23H,1-2H3,(H,20,24)(H,21,25). The second-order valence-corrected chi connectivity index (χ2v) is 5.77. The van der Waals surface area contributed by atoms with E-state index in [0.717, 1.165) is 5.56 Å². The van der Waals surface area contributed by atoms with Crippen molar-refractivity contribution in [1.82, 2.24) is 10.6 Å². The number of nitrogens with one attached hydrogen (secondary N) is 3. The Morgan fingerprint density at radius 2 is 1.85 bits per heavy atom. The van der Waals surface area contributed by atoms with Crippen LogP contribution in [0.4, 0.5) is 5.69 Å². The van der Waals surface area contributed by atoms with Crippen LogP contribution in [0, 0.1) is 0 Å². The Labute approximate surface area is 150 Å². The summed E-state index contributed by atoms with van der Waals surface area (Å²) in [6, 6.07) is 13.5. The number of phenols is 1. The molecule has 0 radical (unpaired) electrons. The van der Waals surface area contributed by atoms with E-state index in [-0.39, 0.29) is 17.0 Å². The van der Waals surface area contributed by atoms with Gasteiger partial charge in [-0.25, -0.2) is 0 Å². The zero-order valence-corrected chi connectivity index (χ0v) is 14.4. The lowest BCUT2D eigenvalue weighted by Gasteiger charge is -2.19. The molecule has 0 fully saturated rings. The maximum atomic E-state index is 12.6. The van der Waals surface area contributed by atoms with Gasteiger partial charge in [0.25, 0.3) is 11.8 Å². The first-order valence-corrected chi connectivity index (χ1v) is 8.01. The zero-order chi connectivity index (χ0) is 18.7. The lowest BCUT2D eigenvalue weighted by Crippen LogP contribution is -2.32. The smallest absolute Gasteiger partial charge is 0.273 e. The first-order chi connectivity index (χ1) is 12.5. The van der Waals surface area contributed by atoms with Gasteiger partial charge in [0.2, 0.25) is 0 Å². The number of aromatic hydroxyl groups is 1. The molecule has 26 heavy (non-hydrogen) atoms. The third kappa shape index (κ3) is 3.38. The number of methoxy groups -OCH3 is 1. The van der Waals surface area contributed by atoms with Crippen molar-refractivity contribution in [2.24, 2.45) is 0 Å². The average Bonchev–Trinajstić information content (AvgIpc) is 2.77. The van der Waals surface area contributed by atoms with Crippen molar-refractivity contribution in [3.63, 3.8) is 0 Å². The van der Waals surface area contributed by atoms with Crippen LogP contribution in [0.3, 0.4) is 0 Å². The van der Waals surface area contributed by atoms with Gasteiger partial charge in [-0.15, -0.1) is 0 Å². The molecular weight excluding hydrogens is 334 g/mol. The highest BCUT2D eigenvalue weighted by Gasteiger charge is 2.26. The molecule has 0 saturated heterocycles. The Hall–Kier alpha value is -3.32. The number of fused-ring (bicyclic) bond motifs is 1. The lowest BCUT2D eigenvalue weighted by atomic mass is 10.1. The molecule has 2 aromatic carbocycles. The van der Waals surface area contributed by atoms with Crippen LogP contribution in [0.1, 0.15) is 29.1 Å². The topological polar surface area (TPSA) is 99.7 Å². The number of phenolic OH excluding ortho intramolecular Hbond substituents is 1. The van der Waals surface area contributed by atoms with E-state index in [1.165, 1.54) is 19.2 Å². The first kappa shape index (κ1) is 17.5. The summed E-state index contributed by atoms with van der Waals surface area (Å²) in [5, 5.41) is 18.3. The van der Waals surface area contributed by atoms with Crippen molar-refractivity contribution >= 4 is 17.5 Å². The quantitative estimate of drug-likeness (QED) is 0.634. The van der Waals surface area contributed by atoms with Crippen molar-refractivity contribution in [2.75, 3.05) is 12.4 Å². The van der Waals surface area contributed by atoms with E-state index in [0.29, 0.717) is 11.4 Å². The molecule has 134 valence electrons. The number of hydrogen-bond donors (Lipinski definition) is 4. The van der Waals surface area contributed by atoms with E-state index in [1.54, 1.807) is 25.1 Å². The highest BCUT2D eigenvalue weighted by Crippen LogP contribution is 2.28. The van der Waals surface area contributed by atoms with Crippen LogP contribution in [0.5, 0.6) is 5.75 Å². The minimum absolute atomic E-state index is 0.119. The van der Waals surface area contributed by atoms with Crippen LogP contribution < -0.4 is 16.0 Å². The molecule has 2 aromatic rings. The van der Waals surface area contributed by atoms with Crippen LogP contribution in [-0.4, -0.2) is 24.0 Å². The number of para-hydroxylation sites is 2. The highest BCUT2D eigenvalue weighted by molar-refractivity contribution is 6.06. The number of allylic oxidation sites excluding steroid dienone is 1. The molecule has 1 atom stereocenters. The van der Waals surface area contributed by atoms with Crippen LogP contribution >= 0.6 is 0 Å². The molecular formula is C19H19N3O4. The van der Waals surface area contributed by atoms with Crippen molar-refractivity contribution in [2.45, 2.75) is 13.2 Å². The Morgan fingerprint density at radius 3 is 2.58 bits per heavy atom. The fourth-order valence-electron chi connectivity index (χ4n) is 2.73. The Kier molecular flexibility index (Phi) is 4.90. The average molecular weight is 353 g/mol. The predicted octanol–water partition coefficient (Wildman–Crippen LogP) is 2.24. The summed E-state index contributed by atoms with van der Waals surface area (Å²) in [4.78, 5) is 25.0. The number of carbonyl (C=O) groups is 2. The second-order valence-electron chi connectivity index (χ2n) is 5.77. The van der Waals surface area contributed by atoms with Crippen LogP contribution in [-0.2, 0) is 9.53 Å². The molecule has 0 aliphatic carbocycles. The van der Waals surface area contributed by atoms with E-state index in [4.69, 9.17) is 4.74 Å². The normalized spacial score (nSPS) is 18.1. The summed E-state index contributed by atoms with van der Waals surface area (Å²) in [7, 11) is 1.53. The first-order valence-electron chi connectivity index (χ1n) is 8.01. The molecule has 0 spiro atoms. The minimum Gasteiger partial charge on any atom is -0.507 e. The predicted molar refractivity (Wildman–Crippen MR) is 96.2 cm³/mol. The van der Waals surface area contributed by atoms with Crippen LogP contribution in [0.15, 0.2) is 59.9 Å². The molecule has 0 saturated carbocycles. The van der Waals surface area contributed by atoms with E-state index in [9.17, 15) is 14.7 Å². The zero-order valence-electron chi connectivity index (χ0n) is 14.4. The Morgan fingerprint density at radius 1 is 1.15 bits per heavy atom. The summed E-state index contributed by atoms with van der Waals surface area (Å²) in [6.45, 7) is 1.60. The number of rotatable bonds is 3. The largest absolute Gasteiger partial charge is 0.507 e. The van der Waals surface area contributed by atoms with Crippen LogP contribution in [0.2, 0.25) is 0 Å². The number of carbonyl (C=O) groups excluding carboxylic acids is 2. The fraction of sp³-hybridized carbons (Fsp3) is 0.158. The molecule has 7 heteroatoms. The maximum absolute atomic E-state index is 12.6. The van der Waals surface area contributed by atoms with Gasteiger partial charge < -0.3 is 25.8 Å². The molecule has 1 aliphatic rings. The van der Waals surface area contributed by atoms with Gasteiger partial charge in [0.15, 0.2) is 6.23 Å². The van der Waals surface area contributed by atoms with Gasteiger partial charge >= 0.3 is 0 Å². The molecule has 4 N–H and O–H groups in total. The third-order valence-electron chi connectivity index (χ3n) is 4.05. The molecule has 0 bridgehead atoms. The van der Waals surface area contributed by atoms with E-state index >= 15 is 0 Å². The van der Waals surface area contributed by atoms with E-state index < -0.39 is 18.0 Å². The molecule has 3 rings (SSSR count). The second kappa shape index (κ2) is 7.28. The van der Waals surface area contributed by atoms with Gasteiger partial charge in [-0.3, -0.25) is 9.59 Å². The number of ether oxygens (including phenoxy) is 1. The fourth-order valence-corrected chi connectivity index (χ4v) is 2.73. The van der Waals surface area contributed by atoms with Gasteiger partial charge in [0.1, 0.15) is 11.4 Å². The minimum atomic E-state index is -0.558. The van der Waals surface area contributed by atoms with E-state index in [1.807, 2.05) is 18.2 Å². The maximum Gasteiger partial charge on any atom is 0.273 e. The molecule has 2 amide bonds. The van der Waals surface area contributed by atoms with Crippen molar-refractivity contribution in [3.05, 3.63) is 71.1 Å². The molecule has 1 aliphatic heterocycles. The summed E-state index contributed by atoms with van der Waals surface area (Å²) in [6.07, 6.45) is -0.558. The summed E-state index contributed by atoms with van der Waals surface area (Å²) in [5.74, 6) is -1.05. The van der Waals surface area contributed by atoms with Gasteiger partial charge in [-0.05, 0) is 25.1 Å². The van der Waals surface area contributed by atoms with Crippen molar-refractivity contribution < 1.29 is 19.4 Å². The Bertz CT molecular complexity index is 892. The summed E-state index contributed by atoms with van der Waals surface area (Å²) < 4.78 is 5.44. The van der Waals surface area contributed by atoms with E-state index in [2.05, 4.69) is 16.0 Å². The monoisotopic (exact) mass is 353 g/mol. The number of hydrogen-bond acceptors (Lipinski definition) is 5.